The van der Waals surface area contributed by atoms with Crippen LogP contribution in [0.1, 0.15) is 23.7 Å². The third-order valence-corrected chi connectivity index (χ3v) is 3.62. The van der Waals surface area contributed by atoms with Crippen LogP contribution in [0.3, 0.4) is 0 Å². The van der Waals surface area contributed by atoms with E-state index < -0.39 is 0 Å². The number of phenols is 1. The van der Waals surface area contributed by atoms with Gasteiger partial charge >= 0.3 is 0 Å². The number of carbonyl (C=O) groups is 1. The predicted molar refractivity (Wildman–Crippen MR) is 84.9 cm³/mol. The van der Waals surface area contributed by atoms with E-state index in [-0.39, 0.29) is 17.8 Å². The van der Waals surface area contributed by atoms with Gasteiger partial charge in [0, 0.05) is 25.4 Å². The molecule has 1 aromatic heterocycles. The van der Waals surface area contributed by atoms with Gasteiger partial charge in [-0.15, -0.1) is 0 Å². The largest absolute Gasteiger partial charge is 0.508 e. The molecule has 0 radical (unpaired) electrons. The van der Waals surface area contributed by atoms with Crippen molar-refractivity contribution >= 4 is 11.6 Å². The van der Waals surface area contributed by atoms with Crippen molar-refractivity contribution in [2.24, 2.45) is 5.16 Å². The fourth-order valence-electron chi connectivity index (χ4n) is 2.39. The molecule has 0 bridgehead atoms. The summed E-state index contributed by atoms with van der Waals surface area (Å²) in [5, 5.41) is 16.2. The molecule has 1 atom stereocenters. The molecule has 0 spiro atoms. The number of carbonyl (C=O) groups excluding carboxylic acids is 1. The Hall–Kier alpha value is -2.89. The van der Waals surface area contributed by atoms with Crippen molar-refractivity contribution in [1.29, 1.82) is 0 Å². The highest BCUT2D eigenvalue weighted by Crippen LogP contribution is 2.29. The second-order valence-corrected chi connectivity index (χ2v) is 5.29. The Balaban J connectivity index is 1.49. The highest BCUT2D eigenvalue weighted by Gasteiger charge is 2.27. The maximum atomic E-state index is 12.1. The Labute approximate surface area is 133 Å². The van der Waals surface area contributed by atoms with E-state index in [2.05, 4.69) is 15.5 Å². The number of pyridine rings is 1. The molecule has 0 fully saturated rings. The molecule has 1 aromatic carbocycles. The molecular formula is C17H17N3O3. The molecule has 1 amide bonds. The topological polar surface area (TPSA) is 83.8 Å². The van der Waals surface area contributed by atoms with Crippen LogP contribution in [0.15, 0.2) is 53.9 Å². The number of aromatic hydroxyl groups is 1. The van der Waals surface area contributed by atoms with Gasteiger partial charge in [-0.25, -0.2) is 0 Å². The molecule has 0 saturated heterocycles. The van der Waals surface area contributed by atoms with E-state index in [1.165, 1.54) is 0 Å². The zero-order valence-corrected chi connectivity index (χ0v) is 12.5. The van der Waals surface area contributed by atoms with Crippen molar-refractivity contribution in [3.05, 3.63) is 59.9 Å². The average Bonchev–Trinajstić information content (AvgIpc) is 3.06. The molecule has 2 N–H and O–H groups in total. The van der Waals surface area contributed by atoms with E-state index in [9.17, 15) is 9.90 Å². The van der Waals surface area contributed by atoms with Crippen LogP contribution >= 0.6 is 0 Å². The Kier molecular flexibility index (Phi) is 4.52. The molecular weight excluding hydrogens is 294 g/mol. The van der Waals surface area contributed by atoms with Gasteiger partial charge < -0.3 is 15.3 Å². The molecule has 23 heavy (non-hydrogen) atoms. The number of oxime groups is 1. The van der Waals surface area contributed by atoms with E-state index in [4.69, 9.17) is 4.84 Å². The molecule has 3 rings (SSSR count). The van der Waals surface area contributed by atoms with Crippen LogP contribution in [0, 0.1) is 0 Å². The number of aromatic nitrogens is 1. The Morgan fingerprint density at radius 3 is 2.91 bits per heavy atom. The minimum absolute atomic E-state index is 0.168. The molecule has 2 aromatic rings. The van der Waals surface area contributed by atoms with Crippen LogP contribution in [0.25, 0.3) is 0 Å². The van der Waals surface area contributed by atoms with Crippen LogP contribution in [-0.2, 0) is 16.1 Å². The third kappa shape index (κ3) is 3.85. The van der Waals surface area contributed by atoms with Crippen LogP contribution in [0.2, 0.25) is 0 Å². The van der Waals surface area contributed by atoms with Crippen LogP contribution in [0.4, 0.5) is 0 Å². The summed E-state index contributed by atoms with van der Waals surface area (Å²) < 4.78 is 0. The lowest BCUT2D eigenvalue weighted by Crippen LogP contribution is -2.32. The summed E-state index contributed by atoms with van der Waals surface area (Å²) in [6.45, 7) is 0.526. The Morgan fingerprint density at radius 1 is 1.30 bits per heavy atom. The molecule has 6 heteroatoms. The summed E-state index contributed by atoms with van der Waals surface area (Å²) in [5.74, 6) is -0.0527. The minimum Gasteiger partial charge on any atom is -0.508 e. The number of phenolic OH excluding ortho intramolecular Hbond substituents is 1. The van der Waals surface area contributed by atoms with E-state index in [1.54, 1.807) is 30.6 Å². The second-order valence-electron chi connectivity index (χ2n) is 5.29. The van der Waals surface area contributed by atoms with Crippen molar-refractivity contribution in [3.63, 3.8) is 0 Å². The molecule has 118 valence electrons. The predicted octanol–water partition coefficient (Wildman–Crippen LogP) is 1.96. The number of amides is 1. The number of nitrogens with one attached hydrogen (secondary N) is 1. The molecule has 0 saturated carbocycles. The summed E-state index contributed by atoms with van der Waals surface area (Å²) in [7, 11) is 0. The molecule has 1 aliphatic heterocycles. The highest BCUT2D eigenvalue weighted by atomic mass is 16.6. The number of hydrogen-bond donors (Lipinski definition) is 2. The van der Waals surface area contributed by atoms with Gasteiger partial charge in [0.2, 0.25) is 0 Å². The van der Waals surface area contributed by atoms with Gasteiger partial charge in [-0.1, -0.05) is 17.3 Å². The summed E-state index contributed by atoms with van der Waals surface area (Å²) in [5.41, 5.74) is 2.28. The molecule has 0 aliphatic carbocycles. The number of nitrogens with zero attached hydrogens (tertiary/aromatic N) is 2. The van der Waals surface area contributed by atoms with Crippen LogP contribution in [-0.4, -0.2) is 28.3 Å². The monoisotopic (exact) mass is 311 g/mol. The van der Waals surface area contributed by atoms with Gasteiger partial charge in [0.05, 0.1) is 0 Å². The van der Waals surface area contributed by atoms with Gasteiger partial charge in [-0.2, -0.15) is 0 Å². The number of hydrogen-bond acceptors (Lipinski definition) is 5. The second kappa shape index (κ2) is 6.91. The first-order chi connectivity index (χ1) is 11.2. The van der Waals surface area contributed by atoms with E-state index in [0.717, 1.165) is 17.5 Å². The quantitative estimate of drug-likeness (QED) is 0.884. The summed E-state index contributed by atoms with van der Waals surface area (Å²) in [6, 6.07) is 10.6. The summed E-state index contributed by atoms with van der Waals surface area (Å²) in [6.07, 6.45) is 4.25. The van der Waals surface area contributed by atoms with Crippen molar-refractivity contribution in [2.45, 2.75) is 18.9 Å². The van der Waals surface area contributed by atoms with Crippen molar-refractivity contribution in [1.82, 2.24) is 10.3 Å². The van der Waals surface area contributed by atoms with Gasteiger partial charge in [0.1, 0.15) is 11.5 Å². The van der Waals surface area contributed by atoms with Gasteiger partial charge in [-0.3, -0.25) is 9.78 Å². The van der Waals surface area contributed by atoms with Crippen molar-refractivity contribution < 1.29 is 14.7 Å². The lowest BCUT2D eigenvalue weighted by atomic mass is 10.0. The normalized spacial score (nSPS) is 16.5. The SMILES string of the molecule is O=C(NCCc1ccncc1)C1=NOC(c2cccc(O)c2)C1. The smallest absolute Gasteiger partial charge is 0.269 e. The summed E-state index contributed by atoms with van der Waals surface area (Å²) in [4.78, 5) is 21.3. The zero-order valence-electron chi connectivity index (χ0n) is 12.5. The first-order valence-electron chi connectivity index (χ1n) is 7.41. The molecule has 6 nitrogen and oxygen atoms in total. The number of rotatable bonds is 5. The fraction of sp³-hybridized carbons (Fsp3) is 0.235. The van der Waals surface area contributed by atoms with Crippen LogP contribution < -0.4 is 5.32 Å². The minimum atomic E-state index is -0.331. The van der Waals surface area contributed by atoms with Gasteiger partial charge in [0.15, 0.2) is 6.10 Å². The average molecular weight is 311 g/mol. The maximum absolute atomic E-state index is 12.1. The number of benzene rings is 1. The summed E-state index contributed by atoms with van der Waals surface area (Å²) >= 11 is 0. The first kappa shape index (κ1) is 15.0. The van der Waals surface area contributed by atoms with Crippen LogP contribution in [0.5, 0.6) is 5.75 Å². The lowest BCUT2D eigenvalue weighted by molar-refractivity contribution is -0.114. The van der Waals surface area contributed by atoms with E-state index in [0.29, 0.717) is 18.7 Å². The molecule has 2 heterocycles. The Morgan fingerprint density at radius 2 is 2.13 bits per heavy atom. The van der Waals surface area contributed by atoms with Gasteiger partial charge in [-0.05, 0) is 41.8 Å². The van der Waals surface area contributed by atoms with E-state index in [1.807, 2.05) is 18.2 Å². The fourth-order valence-corrected chi connectivity index (χ4v) is 2.39. The Bertz CT molecular complexity index is 716. The first-order valence-corrected chi connectivity index (χ1v) is 7.41. The van der Waals surface area contributed by atoms with Crippen molar-refractivity contribution in [2.75, 3.05) is 6.54 Å². The molecule has 1 unspecified atom stereocenters. The standard InChI is InChI=1S/C17H17N3O3/c21-14-3-1-2-13(10-14)16-11-15(20-23-16)17(22)19-9-6-12-4-7-18-8-5-12/h1-5,7-8,10,16,21H,6,9,11H2,(H,19,22). The van der Waals surface area contributed by atoms with E-state index >= 15 is 0 Å². The third-order valence-electron chi connectivity index (χ3n) is 3.62. The van der Waals surface area contributed by atoms with Gasteiger partial charge in [0.25, 0.3) is 5.91 Å². The maximum Gasteiger partial charge on any atom is 0.269 e. The highest BCUT2D eigenvalue weighted by molar-refractivity contribution is 6.39. The lowest BCUT2D eigenvalue weighted by Gasteiger charge is -2.08. The van der Waals surface area contributed by atoms with Crippen molar-refractivity contribution in [3.8, 4) is 5.75 Å². The molecule has 1 aliphatic rings. The zero-order chi connectivity index (χ0) is 16.1.